The summed E-state index contributed by atoms with van der Waals surface area (Å²) in [7, 11) is 0. The minimum Gasteiger partial charge on any atom is -0.330 e. The number of hydrogen-bond donors (Lipinski definition) is 1. The first-order chi connectivity index (χ1) is 6.71. The second-order valence-corrected chi connectivity index (χ2v) is 4.70. The molecule has 0 aromatic heterocycles. The Bertz CT molecular complexity index is 304. The molecule has 2 N–H and O–H groups in total. The fraction of sp³-hybridized carbons (Fsp3) is 0.538. The quantitative estimate of drug-likeness (QED) is 0.777. The summed E-state index contributed by atoms with van der Waals surface area (Å²) in [5, 5.41) is 0. The molecule has 2 rings (SSSR count). The lowest BCUT2D eigenvalue weighted by Gasteiger charge is -2.22. The molecule has 0 aliphatic heterocycles. The minimum atomic E-state index is 0.385. The molecule has 1 aromatic carbocycles. The van der Waals surface area contributed by atoms with Crippen LogP contribution in [0.15, 0.2) is 30.3 Å². The molecular formula is C13H19N. The predicted octanol–water partition coefficient (Wildman–Crippen LogP) is 2.56. The van der Waals surface area contributed by atoms with Gasteiger partial charge >= 0.3 is 0 Å². The van der Waals surface area contributed by atoms with Crippen LogP contribution in [0.5, 0.6) is 0 Å². The molecule has 76 valence electrons. The lowest BCUT2D eigenvalue weighted by Crippen LogP contribution is -2.21. The van der Waals surface area contributed by atoms with E-state index in [-0.39, 0.29) is 0 Å². The Morgan fingerprint density at radius 2 is 2.00 bits per heavy atom. The highest BCUT2D eigenvalue weighted by atomic mass is 14.7. The van der Waals surface area contributed by atoms with E-state index in [1.807, 2.05) is 0 Å². The Balaban J connectivity index is 2.31. The standard InChI is InChI=1S/C13H19N/c1-10(2)13(8-12(13)9-14)11-6-4-3-5-7-11/h3-7,10,12H,8-9,14H2,1-2H3. The summed E-state index contributed by atoms with van der Waals surface area (Å²) >= 11 is 0. The normalized spacial score (nSPS) is 30.7. The van der Waals surface area contributed by atoms with Crippen molar-refractivity contribution < 1.29 is 0 Å². The van der Waals surface area contributed by atoms with Crippen molar-refractivity contribution in [1.29, 1.82) is 0 Å². The lowest BCUT2D eigenvalue weighted by atomic mass is 9.83. The molecule has 1 heteroatoms. The van der Waals surface area contributed by atoms with Gasteiger partial charge in [-0.2, -0.15) is 0 Å². The van der Waals surface area contributed by atoms with Gasteiger partial charge in [-0.05, 0) is 30.4 Å². The highest BCUT2D eigenvalue weighted by Crippen LogP contribution is 2.58. The summed E-state index contributed by atoms with van der Waals surface area (Å²) in [6.07, 6.45) is 1.27. The third kappa shape index (κ3) is 1.27. The van der Waals surface area contributed by atoms with Crippen molar-refractivity contribution in [2.24, 2.45) is 17.6 Å². The van der Waals surface area contributed by atoms with E-state index in [9.17, 15) is 0 Å². The SMILES string of the molecule is CC(C)C1(c2ccccc2)CC1CN. The molecule has 1 nitrogen and oxygen atoms in total. The van der Waals surface area contributed by atoms with Gasteiger partial charge in [-0.15, -0.1) is 0 Å². The fourth-order valence-electron chi connectivity index (χ4n) is 2.78. The van der Waals surface area contributed by atoms with Crippen molar-refractivity contribution in [3.05, 3.63) is 35.9 Å². The molecule has 0 bridgehead atoms. The summed E-state index contributed by atoms with van der Waals surface area (Å²) in [6.45, 7) is 5.44. The van der Waals surface area contributed by atoms with E-state index >= 15 is 0 Å². The largest absolute Gasteiger partial charge is 0.330 e. The molecule has 1 saturated carbocycles. The van der Waals surface area contributed by atoms with Crippen molar-refractivity contribution in [3.63, 3.8) is 0 Å². The monoisotopic (exact) mass is 189 g/mol. The zero-order chi connectivity index (χ0) is 10.2. The Morgan fingerprint density at radius 3 is 2.43 bits per heavy atom. The van der Waals surface area contributed by atoms with Gasteiger partial charge in [-0.3, -0.25) is 0 Å². The Hall–Kier alpha value is -0.820. The smallest absolute Gasteiger partial charge is 0.00199 e. The Labute approximate surface area is 86.3 Å². The summed E-state index contributed by atoms with van der Waals surface area (Å²) in [5.41, 5.74) is 7.65. The highest BCUT2D eigenvalue weighted by molar-refractivity contribution is 5.34. The van der Waals surface area contributed by atoms with Crippen molar-refractivity contribution in [1.82, 2.24) is 0 Å². The Kier molecular flexibility index (Phi) is 2.36. The van der Waals surface area contributed by atoms with Crippen LogP contribution in [-0.2, 0) is 5.41 Å². The van der Waals surface area contributed by atoms with Crippen LogP contribution in [0.1, 0.15) is 25.8 Å². The minimum absolute atomic E-state index is 0.385. The van der Waals surface area contributed by atoms with Crippen LogP contribution in [-0.4, -0.2) is 6.54 Å². The second-order valence-electron chi connectivity index (χ2n) is 4.70. The summed E-state index contributed by atoms with van der Waals surface area (Å²) < 4.78 is 0. The molecule has 0 spiro atoms. The Morgan fingerprint density at radius 1 is 1.36 bits per heavy atom. The van der Waals surface area contributed by atoms with Crippen LogP contribution >= 0.6 is 0 Å². The van der Waals surface area contributed by atoms with E-state index in [2.05, 4.69) is 44.2 Å². The zero-order valence-electron chi connectivity index (χ0n) is 9.03. The third-order valence-electron chi connectivity index (χ3n) is 3.78. The molecule has 2 atom stereocenters. The number of benzene rings is 1. The number of rotatable bonds is 3. The second kappa shape index (κ2) is 3.39. The van der Waals surface area contributed by atoms with Crippen molar-refractivity contribution in [2.45, 2.75) is 25.7 Å². The zero-order valence-corrected chi connectivity index (χ0v) is 9.03. The molecule has 0 saturated heterocycles. The molecule has 1 fully saturated rings. The first kappa shape index (κ1) is 9.72. The van der Waals surface area contributed by atoms with Crippen LogP contribution in [0.4, 0.5) is 0 Å². The van der Waals surface area contributed by atoms with Crippen LogP contribution in [0.3, 0.4) is 0 Å². The van der Waals surface area contributed by atoms with Gasteiger partial charge in [0, 0.05) is 5.41 Å². The van der Waals surface area contributed by atoms with E-state index in [0.29, 0.717) is 17.3 Å². The van der Waals surface area contributed by atoms with E-state index in [1.165, 1.54) is 12.0 Å². The summed E-state index contributed by atoms with van der Waals surface area (Å²) in [5.74, 6) is 1.39. The maximum absolute atomic E-state index is 5.78. The van der Waals surface area contributed by atoms with Gasteiger partial charge in [0.15, 0.2) is 0 Å². The molecule has 0 radical (unpaired) electrons. The van der Waals surface area contributed by atoms with Crippen molar-refractivity contribution in [3.8, 4) is 0 Å². The maximum atomic E-state index is 5.78. The van der Waals surface area contributed by atoms with Crippen molar-refractivity contribution >= 4 is 0 Å². The average molecular weight is 189 g/mol. The number of hydrogen-bond acceptors (Lipinski definition) is 1. The third-order valence-corrected chi connectivity index (χ3v) is 3.78. The lowest BCUT2D eigenvalue weighted by molar-refractivity contribution is 0.442. The predicted molar refractivity (Wildman–Crippen MR) is 60.1 cm³/mol. The topological polar surface area (TPSA) is 26.0 Å². The number of nitrogens with two attached hydrogens (primary N) is 1. The van der Waals surface area contributed by atoms with Gasteiger partial charge in [0.2, 0.25) is 0 Å². The van der Waals surface area contributed by atoms with Crippen LogP contribution < -0.4 is 5.73 Å². The van der Waals surface area contributed by atoms with Gasteiger partial charge in [0.1, 0.15) is 0 Å². The molecule has 2 unspecified atom stereocenters. The molecule has 14 heavy (non-hydrogen) atoms. The van der Waals surface area contributed by atoms with E-state index in [0.717, 1.165) is 6.54 Å². The molecule has 1 aliphatic carbocycles. The molecule has 0 amide bonds. The van der Waals surface area contributed by atoms with Crippen LogP contribution in [0, 0.1) is 11.8 Å². The molecule has 0 heterocycles. The molecular weight excluding hydrogens is 170 g/mol. The molecule has 1 aromatic rings. The average Bonchev–Trinajstić information content (AvgIpc) is 2.94. The van der Waals surface area contributed by atoms with Crippen molar-refractivity contribution in [2.75, 3.05) is 6.54 Å². The first-order valence-corrected chi connectivity index (χ1v) is 5.47. The van der Waals surface area contributed by atoms with Gasteiger partial charge in [-0.1, -0.05) is 44.2 Å². The van der Waals surface area contributed by atoms with Crippen LogP contribution in [0.2, 0.25) is 0 Å². The van der Waals surface area contributed by atoms with Gasteiger partial charge < -0.3 is 5.73 Å². The fourth-order valence-corrected chi connectivity index (χ4v) is 2.78. The maximum Gasteiger partial charge on any atom is 0.00199 e. The van der Waals surface area contributed by atoms with Crippen LogP contribution in [0.25, 0.3) is 0 Å². The van der Waals surface area contributed by atoms with Gasteiger partial charge in [0.25, 0.3) is 0 Å². The summed E-state index contributed by atoms with van der Waals surface area (Å²) in [6, 6.07) is 10.8. The van der Waals surface area contributed by atoms with E-state index in [1.54, 1.807) is 0 Å². The van der Waals surface area contributed by atoms with E-state index in [4.69, 9.17) is 5.73 Å². The first-order valence-electron chi connectivity index (χ1n) is 5.47. The van der Waals surface area contributed by atoms with Gasteiger partial charge in [0.05, 0.1) is 0 Å². The van der Waals surface area contributed by atoms with E-state index < -0.39 is 0 Å². The molecule has 1 aliphatic rings. The van der Waals surface area contributed by atoms with Gasteiger partial charge in [-0.25, -0.2) is 0 Å². The highest BCUT2D eigenvalue weighted by Gasteiger charge is 2.55. The summed E-state index contributed by atoms with van der Waals surface area (Å²) in [4.78, 5) is 0.